The Labute approximate surface area is 132 Å². The number of halogens is 2. The van der Waals surface area contributed by atoms with Gasteiger partial charge in [-0.15, -0.1) is 0 Å². The second kappa shape index (κ2) is 7.64. The van der Waals surface area contributed by atoms with Crippen molar-refractivity contribution >= 4 is 5.91 Å². The first-order chi connectivity index (χ1) is 11.0. The summed E-state index contributed by atoms with van der Waals surface area (Å²) < 4.78 is 31.6. The number of hydrogen-bond acceptors (Lipinski definition) is 4. The van der Waals surface area contributed by atoms with Crippen LogP contribution >= 0.6 is 0 Å². The summed E-state index contributed by atoms with van der Waals surface area (Å²) in [6, 6.07) is 6.66. The van der Waals surface area contributed by atoms with Gasteiger partial charge in [0.2, 0.25) is 11.8 Å². The quantitative estimate of drug-likeness (QED) is 0.887. The van der Waals surface area contributed by atoms with Crippen LogP contribution in [0.3, 0.4) is 0 Å². The Balaban J connectivity index is 2.08. The van der Waals surface area contributed by atoms with Crippen molar-refractivity contribution in [3.63, 3.8) is 0 Å². The third-order valence-electron chi connectivity index (χ3n) is 2.89. The Morgan fingerprint density at radius 2 is 2.04 bits per heavy atom. The summed E-state index contributed by atoms with van der Waals surface area (Å²) in [4.78, 5) is 17.5. The van der Waals surface area contributed by atoms with Gasteiger partial charge in [0.15, 0.2) is 11.6 Å². The fraction of sp³-hybridized carbons (Fsp3) is 0.250. The number of likely N-dealkylation sites (N-methyl/N-ethyl adjacent to an activating group) is 1. The van der Waals surface area contributed by atoms with E-state index in [1.165, 1.54) is 12.3 Å². The Morgan fingerprint density at radius 3 is 2.74 bits per heavy atom. The molecule has 0 radical (unpaired) electrons. The number of carbonyl (C=O) groups is 1. The molecule has 7 heteroatoms. The fourth-order valence-corrected chi connectivity index (χ4v) is 1.84. The third-order valence-corrected chi connectivity index (χ3v) is 2.89. The van der Waals surface area contributed by atoms with Crippen LogP contribution in [-0.2, 0) is 11.3 Å². The summed E-state index contributed by atoms with van der Waals surface area (Å²) in [6.07, 6.45) is 1.51. The van der Waals surface area contributed by atoms with Crippen molar-refractivity contribution in [3.8, 4) is 11.6 Å². The van der Waals surface area contributed by atoms with Gasteiger partial charge in [-0.1, -0.05) is 6.07 Å². The van der Waals surface area contributed by atoms with E-state index in [0.717, 1.165) is 12.1 Å². The lowest BCUT2D eigenvalue weighted by molar-refractivity contribution is -0.121. The third kappa shape index (κ3) is 5.00. The van der Waals surface area contributed by atoms with Gasteiger partial charge in [0, 0.05) is 24.4 Å². The molecule has 0 fully saturated rings. The monoisotopic (exact) mass is 321 g/mol. The molecular formula is C16H17F2N3O2. The molecular weight excluding hydrogens is 304 g/mol. The van der Waals surface area contributed by atoms with Crippen LogP contribution in [0.5, 0.6) is 11.6 Å². The molecule has 1 aromatic carbocycles. The van der Waals surface area contributed by atoms with E-state index in [4.69, 9.17) is 4.74 Å². The molecule has 0 bridgehead atoms. The van der Waals surface area contributed by atoms with Crippen LogP contribution in [0.4, 0.5) is 8.78 Å². The Bertz CT molecular complexity index is 693. The smallest absolute Gasteiger partial charge is 0.234 e. The lowest BCUT2D eigenvalue weighted by Crippen LogP contribution is -2.32. The van der Waals surface area contributed by atoms with Crippen LogP contribution in [0.1, 0.15) is 5.56 Å². The molecule has 1 amide bonds. The molecule has 5 nitrogen and oxygen atoms in total. The lowest BCUT2D eigenvalue weighted by Gasteiger charge is -2.12. The number of benzene rings is 1. The van der Waals surface area contributed by atoms with Crippen molar-refractivity contribution in [1.29, 1.82) is 0 Å². The van der Waals surface area contributed by atoms with Gasteiger partial charge in [-0.2, -0.15) is 0 Å². The molecule has 0 spiro atoms. The number of ether oxygens (including phenoxy) is 1. The van der Waals surface area contributed by atoms with Crippen LogP contribution in [0.25, 0.3) is 0 Å². The van der Waals surface area contributed by atoms with Crippen LogP contribution in [-0.4, -0.2) is 36.4 Å². The molecule has 0 aliphatic rings. The van der Waals surface area contributed by atoms with Gasteiger partial charge in [0.25, 0.3) is 0 Å². The van der Waals surface area contributed by atoms with Crippen molar-refractivity contribution in [1.82, 2.24) is 15.2 Å². The predicted molar refractivity (Wildman–Crippen MR) is 81.1 cm³/mol. The van der Waals surface area contributed by atoms with E-state index >= 15 is 0 Å². The average molecular weight is 321 g/mol. The van der Waals surface area contributed by atoms with E-state index in [0.29, 0.717) is 5.56 Å². The highest BCUT2D eigenvalue weighted by Crippen LogP contribution is 2.24. The molecule has 2 aromatic rings. The summed E-state index contributed by atoms with van der Waals surface area (Å²) >= 11 is 0. The highest BCUT2D eigenvalue weighted by molar-refractivity contribution is 5.77. The number of nitrogens with one attached hydrogen (secondary N) is 1. The van der Waals surface area contributed by atoms with Crippen molar-refractivity contribution in [2.24, 2.45) is 0 Å². The number of amides is 1. The largest absolute Gasteiger partial charge is 0.439 e. The molecule has 1 heterocycles. The van der Waals surface area contributed by atoms with E-state index in [1.807, 2.05) is 0 Å². The summed E-state index contributed by atoms with van der Waals surface area (Å²) in [5.41, 5.74) is 0.629. The topological polar surface area (TPSA) is 54.5 Å². The Morgan fingerprint density at radius 1 is 1.26 bits per heavy atom. The Kier molecular flexibility index (Phi) is 5.59. The summed E-state index contributed by atoms with van der Waals surface area (Å²) in [6.45, 7) is 0.485. The van der Waals surface area contributed by atoms with E-state index in [2.05, 4.69) is 10.3 Å². The molecule has 0 unspecified atom stereocenters. The number of aromatic nitrogens is 1. The van der Waals surface area contributed by atoms with Crippen LogP contribution in [0.15, 0.2) is 36.5 Å². The average Bonchev–Trinajstić information content (AvgIpc) is 2.49. The van der Waals surface area contributed by atoms with Crippen molar-refractivity contribution in [3.05, 3.63) is 53.7 Å². The first-order valence-electron chi connectivity index (χ1n) is 6.94. The molecule has 0 saturated heterocycles. The van der Waals surface area contributed by atoms with Gasteiger partial charge < -0.3 is 15.0 Å². The van der Waals surface area contributed by atoms with Crippen LogP contribution in [0.2, 0.25) is 0 Å². The van der Waals surface area contributed by atoms with Crippen molar-refractivity contribution in [2.75, 3.05) is 20.6 Å². The standard InChI is InChI=1S/C16H17F2N3O2/c1-21(2)10-15(22)20-9-11-4-3-7-19-16(11)23-12-5-6-13(17)14(18)8-12/h3-8H,9-10H2,1-2H3,(H,20,22). The first-order valence-corrected chi connectivity index (χ1v) is 6.94. The fourth-order valence-electron chi connectivity index (χ4n) is 1.84. The number of rotatable bonds is 6. The Hall–Kier alpha value is -2.54. The minimum absolute atomic E-state index is 0.128. The molecule has 2 rings (SSSR count). The minimum Gasteiger partial charge on any atom is -0.439 e. The molecule has 122 valence electrons. The van der Waals surface area contributed by atoms with Gasteiger partial charge in [0.05, 0.1) is 6.54 Å². The molecule has 0 saturated carbocycles. The van der Waals surface area contributed by atoms with Gasteiger partial charge in [-0.3, -0.25) is 4.79 Å². The van der Waals surface area contributed by atoms with E-state index < -0.39 is 11.6 Å². The summed E-state index contributed by atoms with van der Waals surface area (Å²) in [7, 11) is 3.59. The predicted octanol–water partition coefficient (Wildman–Crippen LogP) is 2.33. The summed E-state index contributed by atoms with van der Waals surface area (Å²) in [5.74, 6) is -1.74. The van der Waals surface area contributed by atoms with Gasteiger partial charge >= 0.3 is 0 Å². The van der Waals surface area contributed by atoms with Crippen LogP contribution < -0.4 is 10.1 Å². The number of carbonyl (C=O) groups excluding carboxylic acids is 1. The zero-order valence-electron chi connectivity index (χ0n) is 12.8. The maximum atomic E-state index is 13.2. The molecule has 0 aliphatic carbocycles. The zero-order chi connectivity index (χ0) is 16.8. The molecule has 0 atom stereocenters. The minimum atomic E-state index is -1.00. The van der Waals surface area contributed by atoms with Crippen molar-refractivity contribution < 1.29 is 18.3 Å². The normalized spacial score (nSPS) is 10.7. The number of nitrogens with zero attached hydrogens (tertiary/aromatic N) is 2. The van der Waals surface area contributed by atoms with E-state index in [9.17, 15) is 13.6 Å². The van der Waals surface area contributed by atoms with Gasteiger partial charge in [-0.05, 0) is 32.3 Å². The highest BCUT2D eigenvalue weighted by atomic mass is 19.2. The first kappa shape index (κ1) is 16.8. The second-order valence-electron chi connectivity index (χ2n) is 5.16. The molecule has 23 heavy (non-hydrogen) atoms. The maximum Gasteiger partial charge on any atom is 0.234 e. The maximum absolute atomic E-state index is 13.2. The highest BCUT2D eigenvalue weighted by Gasteiger charge is 2.10. The lowest BCUT2D eigenvalue weighted by atomic mass is 10.2. The van der Waals surface area contributed by atoms with E-state index in [-0.39, 0.29) is 30.6 Å². The van der Waals surface area contributed by atoms with Crippen LogP contribution in [0, 0.1) is 11.6 Å². The van der Waals surface area contributed by atoms with Gasteiger partial charge in [0.1, 0.15) is 5.75 Å². The molecule has 0 aliphatic heterocycles. The van der Waals surface area contributed by atoms with E-state index in [1.54, 1.807) is 31.1 Å². The van der Waals surface area contributed by atoms with Crippen molar-refractivity contribution in [2.45, 2.75) is 6.54 Å². The molecule has 1 N–H and O–H groups in total. The number of hydrogen-bond donors (Lipinski definition) is 1. The molecule has 1 aromatic heterocycles. The number of pyridine rings is 1. The zero-order valence-corrected chi connectivity index (χ0v) is 12.8. The van der Waals surface area contributed by atoms with Gasteiger partial charge in [-0.25, -0.2) is 13.8 Å². The second-order valence-corrected chi connectivity index (χ2v) is 5.16. The SMILES string of the molecule is CN(C)CC(=O)NCc1cccnc1Oc1ccc(F)c(F)c1. The summed E-state index contributed by atoms with van der Waals surface area (Å²) in [5, 5.41) is 2.74.